The van der Waals surface area contributed by atoms with Gasteiger partial charge in [0.25, 0.3) is 0 Å². The Morgan fingerprint density at radius 3 is 2.24 bits per heavy atom. The molecule has 110 valence electrons. The maximum Gasteiger partial charge on any atom is 0.158 e. The summed E-state index contributed by atoms with van der Waals surface area (Å²) < 4.78 is 0. The van der Waals surface area contributed by atoms with E-state index in [9.17, 15) is 9.90 Å². The molecule has 0 aromatic heterocycles. The van der Waals surface area contributed by atoms with Crippen LogP contribution < -0.4 is 11.5 Å². The third-order valence-corrected chi connectivity index (χ3v) is 3.54. The summed E-state index contributed by atoms with van der Waals surface area (Å²) in [6.07, 6.45) is 0.433. The van der Waals surface area contributed by atoms with Gasteiger partial charge in [-0.05, 0) is 29.7 Å². The molecule has 0 fully saturated rings. The Hall–Kier alpha value is -2.17. The smallest absolute Gasteiger partial charge is 0.158 e. The average molecular weight is 284 g/mol. The van der Waals surface area contributed by atoms with Gasteiger partial charge in [-0.3, -0.25) is 4.79 Å². The molecule has 0 saturated carbocycles. The molecule has 0 saturated heterocycles. The van der Waals surface area contributed by atoms with Gasteiger partial charge < -0.3 is 16.6 Å². The van der Waals surface area contributed by atoms with Crippen LogP contribution in [0, 0.1) is 0 Å². The van der Waals surface area contributed by atoms with Crippen molar-refractivity contribution in [3.63, 3.8) is 0 Å². The normalized spacial score (nSPS) is 13.6. The molecule has 5 N–H and O–H groups in total. The lowest BCUT2D eigenvalue weighted by atomic mass is 9.89. The molecule has 2 aromatic rings. The molecule has 0 amide bonds. The summed E-state index contributed by atoms with van der Waals surface area (Å²) >= 11 is 0. The summed E-state index contributed by atoms with van der Waals surface area (Å²) in [7, 11) is 0. The molecule has 4 heteroatoms. The highest BCUT2D eigenvalue weighted by molar-refractivity contribution is 5.90. The van der Waals surface area contributed by atoms with Crippen molar-refractivity contribution in [3.8, 4) is 5.75 Å². The molecule has 4 nitrogen and oxygen atoms in total. The van der Waals surface area contributed by atoms with E-state index in [-0.39, 0.29) is 24.0 Å². The van der Waals surface area contributed by atoms with Gasteiger partial charge in [-0.15, -0.1) is 0 Å². The van der Waals surface area contributed by atoms with E-state index >= 15 is 0 Å². The minimum Gasteiger partial charge on any atom is -0.508 e. The molecule has 2 aromatic carbocycles. The van der Waals surface area contributed by atoms with Crippen LogP contribution >= 0.6 is 0 Å². The lowest BCUT2D eigenvalue weighted by Crippen LogP contribution is -2.39. The van der Waals surface area contributed by atoms with Crippen LogP contribution in [0.4, 0.5) is 0 Å². The summed E-state index contributed by atoms with van der Waals surface area (Å²) in [6.45, 7) is 0.242. The maximum absolute atomic E-state index is 12.5. The Balaban J connectivity index is 2.08. The van der Waals surface area contributed by atoms with Crippen LogP contribution in [0.1, 0.15) is 17.0 Å². The highest BCUT2D eigenvalue weighted by Crippen LogP contribution is 2.18. The highest BCUT2D eigenvalue weighted by Gasteiger charge is 2.24. The zero-order valence-corrected chi connectivity index (χ0v) is 11.8. The number of carbonyl (C=O) groups excluding carboxylic acids is 1. The SMILES string of the molecule is NCC(C(=O)[C@@H](N)Cc1ccc(O)cc1)c1ccccc1. The summed E-state index contributed by atoms with van der Waals surface area (Å²) in [5.74, 6) is -0.238. The molecule has 21 heavy (non-hydrogen) atoms. The minimum atomic E-state index is -0.608. The number of hydrogen-bond acceptors (Lipinski definition) is 4. The molecule has 0 aliphatic carbocycles. The molecule has 0 spiro atoms. The van der Waals surface area contributed by atoms with E-state index < -0.39 is 6.04 Å². The van der Waals surface area contributed by atoms with E-state index in [1.165, 1.54) is 0 Å². The number of Topliss-reactive ketones (excluding diaryl/α,β-unsaturated/α-hetero) is 1. The van der Waals surface area contributed by atoms with Crippen molar-refractivity contribution in [3.05, 3.63) is 65.7 Å². The van der Waals surface area contributed by atoms with E-state index in [0.717, 1.165) is 11.1 Å². The Kier molecular flexibility index (Phi) is 5.09. The van der Waals surface area contributed by atoms with Gasteiger partial charge >= 0.3 is 0 Å². The minimum absolute atomic E-state index is 0.0585. The predicted molar refractivity (Wildman–Crippen MR) is 83.0 cm³/mol. The van der Waals surface area contributed by atoms with Gasteiger partial charge in [-0.1, -0.05) is 42.5 Å². The second kappa shape index (κ2) is 7.02. The third-order valence-electron chi connectivity index (χ3n) is 3.54. The maximum atomic E-state index is 12.5. The van der Waals surface area contributed by atoms with Crippen LogP contribution in [0.5, 0.6) is 5.75 Å². The Bertz CT molecular complexity index is 581. The zero-order chi connectivity index (χ0) is 15.2. The summed E-state index contributed by atoms with van der Waals surface area (Å²) in [5.41, 5.74) is 13.6. The summed E-state index contributed by atoms with van der Waals surface area (Å²) in [6, 6.07) is 15.6. The fourth-order valence-electron chi connectivity index (χ4n) is 2.35. The van der Waals surface area contributed by atoms with Crippen molar-refractivity contribution in [1.82, 2.24) is 0 Å². The first-order valence-corrected chi connectivity index (χ1v) is 6.94. The van der Waals surface area contributed by atoms with Crippen LogP contribution in [-0.4, -0.2) is 23.5 Å². The van der Waals surface area contributed by atoms with Crippen LogP contribution in [0.25, 0.3) is 0 Å². The van der Waals surface area contributed by atoms with Crippen LogP contribution in [0.2, 0.25) is 0 Å². The largest absolute Gasteiger partial charge is 0.508 e. The van der Waals surface area contributed by atoms with E-state index in [4.69, 9.17) is 11.5 Å². The fourth-order valence-corrected chi connectivity index (χ4v) is 2.35. The molecule has 0 radical (unpaired) electrons. The predicted octanol–water partition coefficient (Wildman–Crippen LogP) is 1.57. The lowest BCUT2D eigenvalue weighted by Gasteiger charge is -2.19. The standard InChI is InChI=1S/C17H20N2O2/c18-11-15(13-4-2-1-3-5-13)17(21)16(19)10-12-6-8-14(20)9-7-12/h1-9,15-16,20H,10-11,18-19H2/t15?,16-/m0/s1. The van der Waals surface area contributed by atoms with Gasteiger partial charge in [0.15, 0.2) is 5.78 Å². The van der Waals surface area contributed by atoms with Crippen LogP contribution in [0.15, 0.2) is 54.6 Å². The van der Waals surface area contributed by atoms with Crippen molar-refractivity contribution in [2.45, 2.75) is 18.4 Å². The van der Waals surface area contributed by atoms with Gasteiger partial charge in [-0.2, -0.15) is 0 Å². The first-order valence-electron chi connectivity index (χ1n) is 6.94. The van der Waals surface area contributed by atoms with Crippen molar-refractivity contribution in [2.24, 2.45) is 11.5 Å². The van der Waals surface area contributed by atoms with Crippen LogP contribution in [0.3, 0.4) is 0 Å². The Labute approximate surface area is 124 Å². The topological polar surface area (TPSA) is 89.3 Å². The molecule has 0 bridgehead atoms. The van der Waals surface area contributed by atoms with Crippen molar-refractivity contribution in [1.29, 1.82) is 0 Å². The second-order valence-electron chi connectivity index (χ2n) is 5.08. The lowest BCUT2D eigenvalue weighted by molar-refractivity contribution is -0.121. The quantitative estimate of drug-likeness (QED) is 0.751. The number of benzene rings is 2. The van der Waals surface area contributed by atoms with Crippen molar-refractivity contribution >= 4 is 5.78 Å². The first kappa shape index (κ1) is 15.2. The fraction of sp³-hybridized carbons (Fsp3) is 0.235. The van der Waals surface area contributed by atoms with E-state index in [0.29, 0.717) is 6.42 Å². The van der Waals surface area contributed by atoms with Crippen LogP contribution in [-0.2, 0) is 11.2 Å². The summed E-state index contributed by atoms with van der Waals surface area (Å²) in [4.78, 5) is 12.5. The summed E-state index contributed by atoms with van der Waals surface area (Å²) in [5, 5.41) is 9.26. The van der Waals surface area contributed by atoms with Gasteiger partial charge in [0.1, 0.15) is 5.75 Å². The Morgan fingerprint density at radius 2 is 1.67 bits per heavy atom. The Morgan fingerprint density at radius 1 is 1.05 bits per heavy atom. The van der Waals surface area contributed by atoms with Gasteiger partial charge in [-0.25, -0.2) is 0 Å². The molecule has 2 atom stereocenters. The van der Waals surface area contributed by atoms with Crippen molar-refractivity contribution in [2.75, 3.05) is 6.54 Å². The monoisotopic (exact) mass is 284 g/mol. The molecular weight excluding hydrogens is 264 g/mol. The second-order valence-corrected chi connectivity index (χ2v) is 5.08. The molecule has 0 aliphatic rings. The number of phenolic OH excluding ortho intramolecular Hbond substituents is 1. The number of nitrogens with two attached hydrogens (primary N) is 2. The zero-order valence-electron chi connectivity index (χ0n) is 11.8. The molecular formula is C17H20N2O2. The number of ketones is 1. The number of phenols is 1. The van der Waals surface area contributed by atoms with E-state index in [1.54, 1.807) is 24.3 Å². The number of hydrogen-bond donors (Lipinski definition) is 3. The van der Waals surface area contributed by atoms with E-state index in [2.05, 4.69) is 0 Å². The van der Waals surface area contributed by atoms with Gasteiger partial charge in [0.2, 0.25) is 0 Å². The highest BCUT2D eigenvalue weighted by atomic mass is 16.3. The van der Waals surface area contributed by atoms with Crippen molar-refractivity contribution < 1.29 is 9.90 Å². The number of aromatic hydroxyl groups is 1. The van der Waals surface area contributed by atoms with Gasteiger partial charge in [0, 0.05) is 6.54 Å². The number of rotatable bonds is 6. The number of carbonyl (C=O) groups is 1. The van der Waals surface area contributed by atoms with E-state index in [1.807, 2.05) is 30.3 Å². The molecule has 0 heterocycles. The molecule has 0 aliphatic heterocycles. The third kappa shape index (κ3) is 3.90. The van der Waals surface area contributed by atoms with Gasteiger partial charge in [0.05, 0.1) is 12.0 Å². The molecule has 2 rings (SSSR count). The first-order chi connectivity index (χ1) is 10.1. The average Bonchev–Trinajstić information content (AvgIpc) is 2.51. The molecule has 1 unspecified atom stereocenters.